The van der Waals surface area contributed by atoms with Crippen molar-refractivity contribution in [1.82, 2.24) is 20.0 Å². The predicted octanol–water partition coefficient (Wildman–Crippen LogP) is 1.62. The van der Waals surface area contributed by atoms with E-state index in [-0.39, 0.29) is 18.5 Å². The average molecular weight is 430 g/mol. The molecule has 0 spiro atoms. The van der Waals surface area contributed by atoms with Crippen LogP contribution in [0.3, 0.4) is 0 Å². The summed E-state index contributed by atoms with van der Waals surface area (Å²) in [5.74, 6) is -0.237. The van der Waals surface area contributed by atoms with Gasteiger partial charge in [0.25, 0.3) is 0 Å². The van der Waals surface area contributed by atoms with Gasteiger partial charge in [-0.05, 0) is 18.2 Å². The molecule has 3 rings (SSSR count). The second kappa shape index (κ2) is 8.85. The number of hydrogen-bond donors (Lipinski definition) is 3. The van der Waals surface area contributed by atoms with Crippen LogP contribution in [0.1, 0.15) is 0 Å². The van der Waals surface area contributed by atoms with Crippen LogP contribution in [0.4, 0.5) is 15.3 Å². The molecule has 1 atom stereocenters. The van der Waals surface area contributed by atoms with E-state index in [1.807, 2.05) is 0 Å². The summed E-state index contributed by atoms with van der Waals surface area (Å²) >= 11 is 11.8. The van der Waals surface area contributed by atoms with Crippen LogP contribution in [0.2, 0.25) is 10.0 Å². The molecule has 0 saturated carbocycles. The lowest BCUT2D eigenvalue weighted by Gasteiger charge is -2.40. The number of nitrogens with zero attached hydrogens (tertiary/aromatic N) is 3. The third-order valence-electron chi connectivity index (χ3n) is 4.82. The van der Waals surface area contributed by atoms with Crippen LogP contribution in [0.15, 0.2) is 18.2 Å². The number of carbonyl (C=O) groups is 3. The molecule has 2 aliphatic rings. The Bertz CT molecular complexity index is 770. The van der Waals surface area contributed by atoms with Gasteiger partial charge in [-0.1, -0.05) is 23.2 Å². The fourth-order valence-electron chi connectivity index (χ4n) is 3.27. The number of carboxylic acid groups (broad SMARTS) is 1. The zero-order valence-electron chi connectivity index (χ0n) is 15.0. The highest BCUT2D eigenvalue weighted by Crippen LogP contribution is 2.25. The molecule has 28 heavy (non-hydrogen) atoms. The summed E-state index contributed by atoms with van der Waals surface area (Å²) in [5, 5.41) is 15.9. The molecule has 2 fully saturated rings. The highest BCUT2D eigenvalue weighted by Gasteiger charge is 2.36. The number of benzene rings is 1. The summed E-state index contributed by atoms with van der Waals surface area (Å²) in [4.78, 5) is 40.9. The van der Waals surface area contributed by atoms with Gasteiger partial charge in [0.15, 0.2) is 0 Å². The molecule has 2 saturated heterocycles. The Balaban J connectivity index is 1.54. The lowest BCUT2D eigenvalue weighted by Crippen LogP contribution is -2.62. The number of hydrogen-bond acceptors (Lipinski definition) is 4. The van der Waals surface area contributed by atoms with Gasteiger partial charge in [0, 0.05) is 51.5 Å². The smallest absolute Gasteiger partial charge is 0.408 e. The molecule has 1 aromatic rings. The molecule has 1 aromatic carbocycles. The van der Waals surface area contributed by atoms with Gasteiger partial charge in [-0.2, -0.15) is 0 Å². The van der Waals surface area contributed by atoms with E-state index in [0.29, 0.717) is 55.0 Å². The summed E-state index contributed by atoms with van der Waals surface area (Å²) in [7, 11) is 0. The maximum atomic E-state index is 12.7. The Morgan fingerprint density at radius 3 is 2.36 bits per heavy atom. The number of urea groups is 1. The average Bonchev–Trinajstić information content (AvgIpc) is 2.70. The molecular weight excluding hydrogens is 409 g/mol. The Morgan fingerprint density at radius 1 is 1.04 bits per heavy atom. The van der Waals surface area contributed by atoms with E-state index < -0.39 is 12.1 Å². The third kappa shape index (κ3) is 4.60. The standard InChI is InChI=1S/C17H21Cl2N5O4/c18-12-2-1-11(9-13(12)19)21-16(26)23-7-5-22(6-8-23)15(25)14-10-20-3-4-24(14)17(27)28/h1-2,9,14,20H,3-8,10H2,(H,21,26)(H,27,28). The van der Waals surface area contributed by atoms with Crippen LogP contribution in [-0.2, 0) is 4.79 Å². The van der Waals surface area contributed by atoms with Crippen molar-refractivity contribution in [3.05, 3.63) is 28.2 Å². The molecule has 0 bridgehead atoms. The summed E-state index contributed by atoms with van der Waals surface area (Å²) in [5.41, 5.74) is 0.531. The van der Waals surface area contributed by atoms with Crippen molar-refractivity contribution in [3.63, 3.8) is 0 Å². The number of carbonyl (C=O) groups excluding carboxylic acids is 2. The Hall–Kier alpha value is -2.23. The van der Waals surface area contributed by atoms with Gasteiger partial charge in [0.2, 0.25) is 5.91 Å². The van der Waals surface area contributed by atoms with Crippen molar-refractivity contribution in [1.29, 1.82) is 0 Å². The molecule has 2 aliphatic heterocycles. The highest BCUT2D eigenvalue weighted by molar-refractivity contribution is 6.42. The highest BCUT2D eigenvalue weighted by atomic mass is 35.5. The zero-order chi connectivity index (χ0) is 20.3. The van der Waals surface area contributed by atoms with Crippen molar-refractivity contribution in [2.24, 2.45) is 0 Å². The van der Waals surface area contributed by atoms with Gasteiger partial charge in [0.05, 0.1) is 10.0 Å². The van der Waals surface area contributed by atoms with Crippen molar-refractivity contribution in [2.75, 3.05) is 51.1 Å². The molecule has 152 valence electrons. The number of piperazine rings is 2. The summed E-state index contributed by atoms with van der Waals surface area (Å²) in [6, 6.07) is 3.79. The van der Waals surface area contributed by atoms with Crippen LogP contribution < -0.4 is 10.6 Å². The summed E-state index contributed by atoms with van der Waals surface area (Å²) in [6.45, 7) is 2.49. The first-order valence-electron chi connectivity index (χ1n) is 8.87. The van der Waals surface area contributed by atoms with E-state index in [2.05, 4.69) is 10.6 Å². The van der Waals surface area contributed by atoms with E-state index >= 15 is 0 Å². The monoisotopic (exact) mass is 429 g/mol. The Kier molecular flexibility index (Phi) is 6.48. The number of halogens is 2. The molecule has 4 amide bonds. The quantitative estimate of drug-likeness (QED) is 0.662. The van der Waals surface area contributed by atoms with Gasteiger partial charge in [-0.25, -0.2) is 9.59 Å². The molecule has 0 aliphatic carbocycles. The minimum atomic E-state index is -1.10. The van der Waals surface area contributed by atoms with Crippen LogP contribution >= 0.6 is 23.2 Å². The predicted molar refractivity (Wildman–Crippen MR) is 105 cm³/mol. The van der Waals surface area contributed by atoms with E-state index in [1.54, 1.807) is 28.0 Å². The second-order valence-electron chi connectivity index (χ2n) is 6.57. The van der Waals surface area contributed by atoms with Crippen molar-refractivity contribution in [2.45, 2.75) is 6.04 Å². The maximum absolute atomic E-state index is 12.7. The van der Waals surface area contributed by atoms with E-state index in [1.165, 1.54) is 4.90 Å². The summed E-state index contributed by atoms with van der Waals surface area (Å²) < 4.78 is 0. The molecule has 2 heterocycles. The first-order valence-corrected chi connectivity index (χ1v) is 9.62. The van der Waals surface area contributed by atoms with E-state index in [0.717, 1.165) is 0 Å². The van der Waals surface area contributed by atoms with Gasteiger partial charge in [-0.3, -0.25) is 9.69 Å². The first-order chi connectivity index (χ1) is 13.4. The normalized spacial score (nSPS) is 20.1. The molecule has 9 nitrogen and oxygen atoms in total. The van der Waals surface area contributed by atoms with Crippen LogP contribution in [0.25, 0.3) is 0 Å². The fourth-order valence-corrected chi connectivity index (χ4v) is 3.57. The molecular formula is C17H21Cl2N5O4. The summed E-state index contributed by atoms with van der Waals surface area (Å²) in [6.07, 6.45) is -1.10. The van der Waals surface area contributed by atoms with Crippen LogP contribution in [0.5, 0.6) is 0 Å². The second-order valence-corrected chi connectivity index (χ2v) is 7.38. The molecule has 3 N–H and O–H groups in total. The number of rotatable bonds is 2. The number of anilines is 1. The maximum Gasteiger partial charge on any atom is 0.408 e. The van der Waals surface area contributed by atoms with Crippen molar-refractivity contribution >= 4 is 46.9 Å². The molecule has 1 unspecified atom stereocenters. The molecule has 0 radical (unpaired) electrons. The minimum absolute atomic E-state index is 0.237. The topological polar surface area (TPSA) is 105 Å². The lowest BCUT2D eigenvalue weighted by atomic mass is 10.1. The van der Waals surface area contributed by atoms with E-state index in [4.69, 9.17) is 23.2 Å². The zero-order valence-corrected chi connectivity index (χ0v) is 16.5. The van der Waals surface area contributed by atoms with Gasteiger partial charge < -0.3 is 25.5 Å². The Morgan fingerprint density at radius 2 is 1.71 bits per heavy atom. The lowest BCUT2D eigenvalue weighted by molar-refractivity contribution is -0.138. The minimum Gasteiger partial charge on any atom is -0.465 e. The van der Waals surface area contributed by atoms with Gasteiger partial charge >= 0.3 is 12.1 Å². The third-order valence-corrected chi connectivity index (χ3v) is 5.56. The number of amides is 4. The Labute approximate surface area is 172 Å². The fraction of sp³-hybridized carbons (Fsp3) is 0.471. The van der Waals surface area contributed by atoms with E-state index in [9.17, 15) is 19.5 Å². The molecule has 11 heteroatoms. The SMILES string of the molecule is O=C(Nc1ccc(Cl)c(Cl)c1)N1CCN(C(=O)C2CNCCN2C(=O)O)CC1. The van der Waals surface area contributed by atoms with Crippen LogP contribution in [-0.4, -0.2) is 89.7 Å². The molecule has 0 aromatic heterocycles. The van der Waals surface area contributed by atoms with Crippen molar-refractivity contribution < 1.29 is 19.5 Å². The van der Waals surface area contributed by atoms with Crippen LogP contribution in [0, 0.1) is 0 Å². The van der Waals surface area contributed by atoms with Gasteiger partial charge in [-0.15, -0.1) is 0 Å². The number of nitrogens with one attached hydrogen (secondary N) is 2. The largest absolute Gasteiger partial charge is 0.465 e. The first kappa shape index (κ1) is 20.5. The van der Waals surface area contributed by atoms with Crippen molar-refractivity contribution in [3.8, 4) is 0 Å². The van der Waals surface area contributed by atoms with Gasteiger partial charge in [0.1, 0.15) is 6.04 Å².